The molecule has 2 rings (SSSR count). The molecule has 1 aliphatic carbocycles. The Balaban J connectivity index is 2.12. The number of benzene rings is 1. The quantitative estimate of drug-likeness (QED) is 0.712. The van der Waals surface area contributed by atoms with Gasteiger partial charge in [0.1, 0.15) is 12.0 Å². The maximum atomic E-state index is 12.2. The standard InChI is InChI=1S/C13H14F2O2/c14-13(15)17-12-6-4-10(8-16)7-11(12)5-3-9-1-2-9/h4,6-9,13H,1-3,5H2. The van der Waals surface area contributed by atoms with E-state index >= 15 is 0 Å². The van der Waals surface area contributed by atoms with Crippen LogP contribution in [0, 0.1) is 5.92 Å². The van der Waals surface area contributed by atoms with Gasteiger partial charge in [-0.2, -0.15) is 8.78 Å². The minimum absolute atomic E-state index is 0.186. The second-order valence-corrected chi connectivity index (χ2v) is 4.35. The van der Waals surface area contributed by atoms with Crippen LogP contribution in [-0.2, 0) is 6.42 Å². The Hall–Kier alpha value is -1.45. The van der Waals surface area contributed by atoms with Gasteiger partial charge in [0.2, 0.25) is 0 Å². The van der Waals surface area contributed by atoms with Crippen molar-refractivity contribution in [2.24, 2.45) is 5.92 Å². The van der Waals surface area contributed by atoms with E-state index in [1.807, 2.05) is 0 Å². The summed E-state index contributed by atoms with van der Waals surface area (Å²) >= 11 is 0. The van der Waals surface area contributed by atoms with Crippen LogP contribution in [0.3, 0.4) is 0 Å². The lowest BCUT2D eigenvalue weighted by atomic mass is 10.0. The molecule has 17 heavy (non-hydrogen) atoms. The van der Waals surface area contributed by atoms with Gasteiger partial charge in [0, 0.05) is 5.56 Å². The Morgan fingerprint density at radius 2 is 2.18 bits per heavy atom. The average Bonchev–Trinajstić information content (AvgIpc) is 3.11. The Bertz CT molecular complexity index is 400. The summed E-state index contributed by atoms with van der Waals surface area (Å²) in [5.74, 6) is 0.903. The highest BCUT2D eigenvalue weighted by molar-refractivity contribution is 5.75. The van der Waals surface area contributed by atoms with E-state index in [1.165, 1.54) is 25.0 Å². The lowest BCUT2D eigenvalue weighted by Gasteiger charge is -2.11. The topological polar surface area (TPSA) is 26.3 Å². The zero-order chi connectivity index (χ0) is 12.3. The molecule has 1 fully saturated rings. The van der Waals surface area contributed by atoms with Gasteiger partial charge in [-0.1, -0.05) is 12.8 Å². The molecule has 1 aromatic carbocycles. The summed E-state index contributed by atoms with van der Waals surface area (Å²) in [5, 5.41) is 0. The van der Waals surface area contributed by atoms with Gasteiger partial charge < -0.3 is 4.74 Å². The maximum Gasteiger partial charge on any atom is 0.387 e. The molecule has 4 heteroatoms. The smallest absolute Gasteiger partial charge is 0.387 e. The molecule has 0 unspecified atom stereocenters. The predicted molar refractivity (Wildman–Crippen MR) is 59.5 cm³/mol. The fourth-order valence-corrected chi connectivity index (χ4v) is 1.85. The number of alkyl halides is 2. The Kier molecular flexibility index (Phi) is 3.71. The third-order valence-corrected chi connectivity index (χ3v) is 2.96. The molecule has 92 valence electrons. The number of rotatable bonds is 6. The van der Waals surface area contributed by atoms with Crippen molar-refractivity contribution in [3.05, 3.63) is 29.3 Å². The number of aryl methyl sites for hydroxylation is 1. The number of carbonyl (C=O) groups is 1. The van der Waals surface area contributed by atoms with Gasteiger partial charge in [-0.3, -0.25) is 4.79 Å². The first-order valence-electron chi connectivity index (χ1n) is 5.72. The van der Waals surface area contributed by atoms with Gasteiger partial charge in [0.05, 0.1) is 0 Å². The Morgan fingerprint density at radius 3 is 2.76 bits per heavy atom. The average molecular weight is 240 g/mol. The lowest BCUT2D eigenvalue weighted by molar-refractivity contribution is -0.0504. The number of carbonyl (C=O) groups excluding carboxylic acids is 1. The third-order valence-electron chi connectivity index (χ3n) is 2.96. The van der Waals surface area contributed by atoms with Crippen LogP contribution in [0.5, 0.6) is 5.75 Å². The summed E-state index contributed by atoms with van der Waals surface area (Å²) < 4.78 is 28.9. The fourth-order valence-electron chi connectivity index (χ4n) is 1.85. The molecular formula is C13H14F2O2. The van der Waals surface area contributed by atoms with Crippen molar-refractivity contribution in [2.75, 3.05) is 0 Å². The molecule has 0 N–H and O–H groups in total. The molecule has 0 heterocycles. The number of ether oxygens (including phenoxy) is 1. The molecule has 0 aliphatic heterocycles. The Morgan fingerprint density at radius 1 is 1.41 bits per heavy atom. The van der Waals surface area contributed by atoms with E-state index in [0.29, 0.717) is 29.8 Å². The highest BCUT2D eigenvalue weighted by atomic mass is 19.3. The molecule has 2 nitrogen and oxygen atoms in total. The molecule has 0 bridgehead atoms. The Labute approximate surface area is 98.6 Å². The summed E-state index contributed by atoms with van der Waals surface area (Å²) in [6, 6.07) is 4.57. The molecule has 1 aromatic rings. The van der Waals surface area contributed by atoms with E-state index in [-0.39, 0.29) is 5.75 Å². The van der Waals surface area contributed by atoms with E-state index in [9.17, 15) is 13.6 Å². The summed E-state index contributed by atoms with van der Waals surface area (Å²) in [7, 11) is 0. The van der Waals surface area contributed by atoms with Crippen molar-refractivity contribution in [3.63, 3.8) is 0 Å². The fraction of sp³-hybridized carbons (Fsp3) is 0.462. The van der Waals surface area contributed by atoms with Crippen LogP contribution in [0.2, 0.25) is 0 Å². The molecule has 0 saturated heterocycles. The molecule has 1 aliphatic rings. The van der Waals surface area contributed by atoms with E-state index in [2.05, 4.69) is 4.74 Å². The largest absolute Gasteiger partial charge is 0.435 e. The first kappa shape index (κ1) is 12.0. The molecular weight excluding hydrogens is 226 g/mol. The second kappa shape index (κ2) is 5.25. The maximum absolute atomic E-state index is 12.2. The van der Waals surface area contributed by atoms with Gasteiger partial charge >= 0.3 is 6.61 Å². The number of aldehydes is 1. The van der Waals surface area contributed by atoms with Gasteiger partial charge in [0.15, 0.2) is 0 Å². The molecule has 0 spiro atoms. The van der Waals surface area contributed by atoms with Crippen molar-refractivity contribution < 1.29 is 18.3 Å². The second-order valence-electron chi connectivity index (χ2n) is 4.35. The zero-order valence-electron chi connectivity index (χ0n) is 9.36. The van der Waals surface area contributed by atoms with Crippen molar-refractivity contribution in [3.8, 4) is 5.75 Å². The first-order valence-corrected chi connectivity index (χ1v) is 5.72. The van der Waals surface area contributed by atoms with Crippen LogP contribution in [0.15, 0.2) is 18.2 Å². The summed E-state index contributed by atoms with van der Waals surface area (Å²) in [6.07, 6.45) is 4.82. The predicted octanol–water partition coefficient (Wildman–Crippen LogP) is 3.44. The zero-order valence-corrected chi connectivity index (χ0v) is 9.36. The number of hydrogen-bond donors (Lipinski definition) is 0. The molecule has 0 amide bonds. The van der Waals surface area contributed by atoms with Crippen LogP contribution in [0.25, 0.3) is 0 Å². The van der Waals surface area contributed by atoms with Crippen LogP contribution >= 0.6 is 0 Å². The van der Waals surface area contributed by atoms with Gasteiger partial charge in [-0.25, -0.2) is 0 Å². The highest BCUT2D eigenvalue weighted by Gasteiger charge is 2.21. The highest BCUT2D eigenvalue weighted by Crippen LogP contribution is 2.35. The monoisotopic (exact) mass is 240 g/mol. The van der Waals surface area contributed by atoms with Gasteiger partial charge in [0.25, 0.3) is 0 Å². The normalized spacial score (nSPS) is 15.0. The molecule has 1 saturated carbocycles. The van der Waals surface area contributed by atoms with Crippen molar-refractivity contribution in [1.82, 2.24) is 0 Å². The van der Waals surface area contributed by atoms with Crippen LogP contribution < -0.4 is 4.74 Å². The minimum Gasteiger partial charge on any atom is -0.435 e. The van der Waals surface area contributed by atoms with Gasteiger partial charge in [-0.15, -0.1) is 0 Å². The number of halogens is 2. The SMILES string of the molecule is O=Cc1ccc(OC(F)F)c(CCC2CC2)c1. The van der Waals surface area contributed by atoms with Crippen LogP contribution in [0.4, 0.5) is 8.78 Å². The summed E-state index contributed by atoms with van der Waals surface area (Å²) in [6.45, 7) is -2.82. The summed E-state index contributed by atoms with van der Waals surface area (Å²) in [4.78, 5) is 10.7. The third kappa shape index (κ3) is 3.51. The number of hydrogen-bond acceptors (Lipinski definition) is 2. The van der Waals surface area contributed by atoms with E-state index in [0.717, 1.165) is 6.42 Å². The van der Waals surface area contributed by atoms with Crippen LogP contribution in [0.1, 0.15) is 35.2 Å². The van der Waals surface area contributed by atoms with Crippen LogP contribution in [-0.4, -0.2) is 12.9 Å². The first-order chi connectivity index (χ1) is 8.19. The molecule has 0 radical (unpaired) electrons. The molecule has 0 aromatic heterocycles. The van der Waals surface area contributed by atoms with E-state index < -0.39 is 6.61 Å². The van der Waals surface area contributed by atoms with E-state index in [1.54, 1.807) is 6.07 Å². The van der Waals surface area contributed by atoms with Crippen molar-refractivity contribution in [2.45, 2.75) is 32.3 Å². The lowest BCUT2D eigenvalue weighted by Crippen LogP contribution is -2.05. The van der Waals surface area contributed by atoms with Gasteiger partial charge in [-0.05, 0) is 42.5 Å². The molecule has 0 atom stereocenters. The summed E-state index contributed by atoms with van der Waals surface area (Å²) in [5.41, 5.74) is 1.19. The van der Waals surface area contributed by atoms with E-state index in [4.69, 9.17) is 0 Å². The van der Waals surface area contributed by atoms with Crippen molar-refractivity contribution in [1.29, 1.82) is 0 Å². The minimum atomic E-state index is -2.82. The van der Waals surface area contributed by atoms with Crippen molar-refractivity contribution >= 4 is 6.29 Å².